The number of fused-ring (bicyclic) bond motifs is 1. The summed E-state index contributed by atoms with van der Waals surface area (Å²) in [5.41, 5.74) is 3.00. The van der Waals surface area contributed by atoms with Gasteiger partial charge in [0.25, 0.3) is 0 Å². The van der Waals surface area contributed by atoms with Crippen molar-refractivity contribution >= 4 is 0 Å². The van der Waals surface area contributed by atoms with Gasteiger partial charge in [0, 0.05) is 5.41 Å². The van der Waals surface area contributed by atoms with Crippen molar-refractivity contribution in [1.82, 2.24) is 0 Å². The van der Waals surface area contributed by atoms with Gasteiger partial charge in [-0.3, -0.25) is 0 Å². The number of rotatable bonds is 2. The predicted octanol–water partition coefficient (Wildman–Crippen LogP) is 3.26. The molecule has 2 rings (SSSR count). The molecule has 0 aromatic heterocycles. The molecule has 0 aliphatic heterocycles. The molecule has 1 aromatic rings. The lowest BCUT2D eigenvalue weighted by atomic mass is 9.64. The van der Waals surface area contributed by atoms with Crippen LogP contribution in [0.3, 0.4) is 0 Å². The molecule has 0 heterocycles. The second kappa shape index (κ2) is 4.94. The van der Waals surface area contributed by atoms with Crippen molar-refractivity contribution in [3.63, 3.8) is 0 Å². The first-order valence-electron chi connectivity index (χ1n) is 6.54. The molecular weight excluding hydrogens is 236 g/mol. The number of nitrogens with zero attached hydrogens (tertiary/aromatic N) is 2. The van der Waals surface area contributed by atoms with Crippen molar-refractivity contribution in [3.05, 3.63) is 28.8 Å². The summed E-state index contributed by atoms with van der Waals surface area (Å²) in [4.78, 5) is 0. The van der Waals surface area contributed by atoms with Gasteiger partial charge in [-0.15, -0.1) is 0 Å². The van der Waals surface area contributed by atoms with Crippen LogP contribution in [0.2, 0.25) is 0 Å². The molecule has 0 saturated carbocycles. The molecule has 98 valence electrons. The van der Waals surface area contributed by atoms with Crippen LogP contribution in [0.25, 0.3) is 0 Å². The Labute approximate surface area is 114 Å². The summed E-state index contributed by atoms with van der Waals surface area (Å²) >= 11 is 0. The van der Waals surface area contributed by atoms with Crippen molar-refractivity contribution in [2.24, 2.45) is 5.92 Å². The lowest BCUT2D eigenvalue weighted by Crippen LogP contribution is -2.34. The quantitative estimate of drug-likeness (QED) is 0.814. The lowest BCUT2D eigenvalue weighted by molar-refractivity contribution is 0.338. The van der Waals surface area contributed by atoms with E-state index in [0.29, 0.717) is 0 Å². The second-order valence-electron chi connectivity index (χ2n) is 5.46. The van der Waals surface area contributed by atoms with Gasteiger partial charge >= 0.3 is 0 Å². The molecule has 1 aliphatic rings. The van der Waals surface area contributed by atoms with Crippen LogP contribution in [0.15, 0.2) is 12.1 Å². The molecule has 0 radical (unpaired) electrons. The van der Waals surface area contributed by atoms with E-state index in [1.54, 1.807) is 7.11 Å². The zero-order chi connectivity index (χ0) is 14.0. The van der Waals surface area contributed by atoms with E-state index in [0.717, 1.165) is 41.7 Å². The van der Waals surface area contributed by atoms with Crippen LogP contribution in [0.4, 0.5) is 0 Å². The zero-order valence-corrected chi connectivity index (χ0v) is 11.7. The Morgan fingerprint density at radius 1 is 1.32 bits per heavy atom. The van der Waals surface area contributed by atoms with E-state index >= 15 is 0 Å². The summed E-state index contributed by atoms with van der Waals surface area (Å²) < 4.78 is 5.47. The highest BCUT2D eigenvalue weighted by molar-refractivity contribution is 5.50. The van der Waals surface area contributed by atoms with E-state index in [4.69, 9.17) is 4.74 Å². The minimum atomic E-state index is -0.613. The van der Waals surface area contributed by atoms with E-state index in [9.17, 15) is 10.5 Å². The third kappa shape index (κ3) is 2.06. The van der Waals surface area contributed by atoms with E-state index in [1.807, 2.05) is 19.9 Å². The largest absolute Gasteiger partial charge is 0.496 e. The Bertz CT molecular complexity index is 566. The summed E-state index contributed by atoms with van der Waals surface area (Å²) in [6.45, 7) is 4.05. The number of hydrogen-bond acceptors (Lipinski definition) is 3. The lowest BCUT2D eigenvalue weighted by Gasteiger charge is -2.37. The van der Waals surface area contributed by atoms with Gasteiger partial charge in [-0.1, -0.05) is 13.0 Å². The van der Waals surface area contributed by atoms with Gasteiger partial charge in [-0.25, -0.2) is 0 Å². The van der Waals surface area contributed by atoms with Crippen molar-refractivity contribution in [3.8, 4) is 17.9 Å². The number of hydrogen-bond donors (Lipinski definition) is 0. The van der Waals surface area contributed by atoms with Gasteiger partial charge < -0.3 is 4.74 Å². The van der Waals surface area contributed by atoms with Crippen LogP contribution in [-0.4, -0.2) is 7.11 Å². The van der Waals surface area contributed by atoms with E-state index in [1.165, 1.54) is 0 Å². The van der Waals surface area contributed by atoms with Gasteiger partial charge in [0.2, 0.25) is 0 Å². The molecule has 0 saturated heterocycles. The third-order valence-corrected chi connectivity index (χ3v) is 4.21. The predicted molar refractivity (Wildman–Crippen MR) is 72.7 cm³/mol. The van der Waals surface area contributed by atoms with E-state index in [2.05, 4.69) is 18.2 Å². The van der Waals surface area contributed by atoms with Crippen LogP contribution in [0.1, 0.15) is 36.5 Å². The Morgan fingerprint density at radius 2 is 2.00 bits per heavy atom. The Morgan fingerprint density at radius 3 is 2.58 bits per heavy atom. The fourth-order valence-electron chi connectivity index (χ4n) is 3.11. The minimum absolute atomic E-state index is 0.392. The summed E-state index contributed by atoms with van der Waals surface area (Å²) in [7, 11) is 1.67. The average Bonchev–Trinajstić information content (AvgIpc) is 2.40. The van der Waals surface area contributed by atoms with Crippen molar-refractivity contribution in [2.45, 2.75) is 38.5 Å². The smallest absolute Gasteiger partial charge is 0.142 e. The molecule has 1 aliphatic carbocycles. The number of ether oxygens (including phenoxy) is 1. The topological polar surface area (TPSA) is 56.8 Å². The first-order valence-corrected chi connectivity index (χ1v) is 6.54. The number of aryl methyl sites for hydroxylation is 1. The molecule has 0 fully saturated rings. The van der Waals surface area contributed by atoms with E-state index in [-0.39, 0.29) is 0 Å². The summed E-state index contributed by atoms with van der Waals surface area (Å²) in [6.07, 6.45) is 2.82. The average molecular weight is 254 g/mol. The number of benzene rings is 1. The molecule has 3 nitrogen and oxygen atoms in total. The summed E-state index contributed by atoms with van der Waals surface area (Å²) in [5, 5.41) is 18.5. The van der Waals surface area contributed by atoms with Crippen LogP contribution in [0, 0.1) is 35.5 Å². The maximum Gasteiger partial charge on any atom is 0.142 e. The first-order chi connectivity index (χ1) is 9.06. The van der Waals surface area contributed by atoms with Crippen LogP contribution < -0.4 is 4.74 Å². The fraction of sp³-hybridized carbons (Fsp3) is 0.500. The third-order valence-electron chi connectivity index (χ3n) is 4.21. The molecule has 3 heteroatoms. The highest BCUT2D eigenvalue weighted by Crippen LogP contribution is 2.45. The minimum Gasteiger partial charge on any atom is -0.496 e. The second-order valence-corrected chi connectivity index (χ2v) is 5.46. The molecule has 0 N–H and O–H groups in total. The van der Waals surface area contributed by atoms with Gasteiger partial charge in [0.05, 0.1) is 19.2 Å². The molecule has 1 unspecified atom stereocenters. The Hall–Kier alpha value is -2.00. The van der Waals surface area contributed by atoms with Crippen molar-refractivity contribution in [2.75, 3.05) is 7.11 Å². The van der Waals surface area contributed by atoms with Crippen molar-refractivity contribution < 1.29 is 4.74 Å². The van der Waals surface area contributed by atoms with Crippen molar-refractivity contribution in [1.29, 1.82) is 10.5 Å². The Kier molecular flexibility index (Phi) is 3.49. The molecular formula is C16H18N2O. The summed E-state index contributed by atoms with van der Waals surface area (Å²) in [5.74, 6) is 0.272. The SMILES string of the molecule is COc1cc(C)cc2c1CCCC2(C)C(C#N)C#N. The van der Waals surface area contributed by atoms with Crippen LogP contribution >= 0.6 is 0 Å². The maximum absolute atomic E-state index is 9.26. The van der Waals surface area contributed by atoms with Gasteiger partial charge in [0.15, 0.2) is 0 Å². The molecule has 1 aromatic carbocycles. The molecule has 0 spiro atoms. The van der Waals surface area contributed by atoms with Gasteiger partial charge in [0.1, 0.15) is 11.7 Å². The molecule has 0 bridgehead atoms. The molecule has 0 amide bonds. The number of nitriles is 2. The van der Waals surface area contributed by atoms with Crippen LogP contribution in [0.5, 0.6) is 5.75 Å². The molecule has 1 atom stereocenters. The normalized spacial score (nSPS) is 21.4. The van der Waals surface area contributed by atoms with E-state index < -0.39 is 11.3 Å². The fourth-order valence-corrected chi connectivity index (χ4v) is 3.11. The highest BCUT2D eigenvalue weighted by atomic mass is 16.5. The van der Waals surface area contributed by atoms with Gasteiger partial charge in [-0.05, 0) is 48.9 Å². The number of methoxy groups -OCH3 is 1. The Balaban J connectivity index is 2.66. The standard InChI is InChI=1S/C16H18N2O/c1-11-7-14-13(15(8-11)19-3)5-4-6-16(14,2)12(9-17)10-18/h7-8,12H,4-6H2,1-3H3. The van der Waals surface area contributed by atoms with Gasteiger partial charge in [-0.2, -0.15) is 10.5 Å². The monoisotopic (exact) mass is 254 g/mol. The summed E-state index contributed by atoms with van der Waals surface area (Å²) in [6, 6.07) is 8.45. The van der Waals surface area contributed by atoms with Crippen LogP contribution in [-0.2, 0) is 11.8 Å². The zero-order valence-electron chi connectivity index (χ0n) is 11.7. The first kappa shape index (κ1) is 13.4. The maximum atomic E-state index is 9.26. The highest BCUT2D eigenvalue weighted by Gasteiger charge is 2.41. The molecule has 19 heavy (non-hydrogen) atoms.